The van der Waals surface area contributed by atoms with Crippen molar-refractivity contribution in [2.75, 3.05) is 0 Å². The van der Waals surface area contributed by atoms with Crippen molar-refractivity contribution in [2.24, 2.45) is 5.11 Å². The summed E-state index contributed by atoms with van der Waals surface area (Å²) in [6.07, 6.45) is 1.55. The molecule has 0 radical (unpaired) electrons. The van der Waals surface area contributed by atoms with Gasteiger partial charge in [-0.1, -0.05) is 0 Å². The average molecular weight is 135 g/mol. The molecule has 5 heteroatoms. The Morgan fingerprint density at radius 3 is 3.10 bits per heavy atom. The molecular weight excluding hydrogens is 130 g/mol. The fraction of sp³-hybridized carbons (Fsp3) is 0.200. The summed E-state index contributed by atoms with van der Waals surface area (Å²) in [5.41, 5.74) is 8.78. The van der Waals surface area contributed by atoms with Gasteiger partial charge in [0.15, 0.2) is 0 Å². The van der Waals surface area contributed by atoms with E-state index < -0.39 is 0 Å². The summed E-state index contributed by atoms with van der Waals surface area (Å²) in [7, 11) is 0. The maximum absolute atomic E-state index is 7.99. The smallest absolute Gasteiger partial charge is 0.216 e. The van der Waals surface area contributed by atoms with E-state index in [9.17, 15) is 0 Å². The number of rotatable bonds is 1. The molecule has 1 aromatic heterocycles. The van der Waals surface area contributed by atoms with Crippen LogP contribution in [0.15, 0.2) is 17.4 Å². The molecule has 0 aliphatic rings. The Balaban J connectivity index is 3.06. The molecule has 0 bridgehead atoms. The highest BCUT2D eigenvalue weighted by atomic mass is 15.2. The van der Waals surface area contributed by atoms with Gasteiger partial charge >= 0.3 is 0 Å². The maximum Gasteiger partial charge on any atom is 0.216 e. The maximum atomic E-state index is 7.99. The van der Waals surface area contributed by atoms with E-state index in [-0.39, 0.29) is 5.95 Å². The summed E-state index contributed by atoms with van der Waals surface area (Å²) < 4.78 is 0. The first kappa shape index (κ1) is 6.51. The van der Waals surface area contributed by atoms with Gasteiger partial charge in [0.1, 0.15) is 0 Å². The number of aryl methyl sites for hydroxylation is 1. The lowest BCUT2D eigenvalue weighted by atomic mass is 10.5. The predicted octanol–water partition coefficient (Wildman–Crippen LogP) is 1.73. The Labute approximate surface area is 57.4 Å². The van der Waals surface area contributed by atoms with Crippen LogP contribution >= 0.6 is 0 Å². The first-order valence-electron chi connectivity index (χ1n) is 2.67. The summed E-state index contributed by atoms with van der Waals surface area (Å²) in [6, 6.07) is 1.73. The average Bonchev–Trinajstić information content (AvgIpc) is 1.88. The highest BCUT2D eigenvalue weighted by Gasteiger charge is 1.88. The lowest BCUT2D eigenvalue weighted by Gasteiger charge is -1.89. The van der Waals surface area contributed by atoms with Crippen molar-refractivity contribution in [3.8, 4) is 0 Å². The Hall–Kier alpha value is -1.61. The monoisotopic (exact) mass is 135 g/mol. The van der Waals surface area contributed by atoms with E-state index in [2.05, 4.69) is 20.0 Å². The summed E-state index contributed by atoms with van der Waals surface area (Å²) >= 11 is 0. The lowest BCUT2D eigenvalue weighted by molar-refractivity contribution is 1.07. The van der Waals surface area contributed by atoms with Gasteiger partial charge in [-0.2, -0.15) is 0 Å². The van der Waals surface area contributed by atoms with Crippen LogP contribution in [0.25, 0.3) is 10.4 Å². The zero-order chi connectivity index (χ0) is 7.40. The minimum atomic E-state index is 0.169. The van der Waals surface area contributed by atoms with Gasteiger partial charge in [-0.05, 0) is 23.6 Å². The van der Waals surface area contributed by atoms with Gasteiger partial charge in [-0.3, -0.25) is 0 Å². The van der Waals surface area contributed by atoms with Gasteiger partial charge in [0, 0.05) is 16.8 Å². The third-order valence-corrected chi connectivity index (χ3v) is 0.916. The van der Waals surface area contributed by atoms with Gasteiger partial charge in [0.25, 0.3) is 0 Å². The van der Waals surface area contributed by atoms with Crippen LogP contribution in [-0.2, 0) is 0 Å². The van der Waals surface area contributed by atoms with Crippen molar-refractivity contribution in [3.63, 3.8) is 0 Å². The van der Waals surface area contributed by atoms with Gasteiger partial charge in [0.05, 0.1) is 0 Å². The molecule has 0 aliphatic carbocycles. The molecule has 0 saturated carbocycles. The third kappa shape index (κ3) is 1.43. The number of aromatic nitrogens is 2. The number of hydrogen-bond donors (Lipinski definition) is 0. The molecule has 0 spiro atoms. The van der Waals surface area contributed by atoms with Crippen LogP contribution in [0.4, 0.5) is 5.95 Å². The van der Waals surface area contributed by atoms with E-state index in [1.165, 1.54) is 0 Å². The summed E-state index contributed by atoms with van der Waals surface area (Å²) in [4.78, 5) is 10.1. The van der Waals surface area contributed by atoms with Gasteiger partial charge in [-0.25, -0.2) is 9.97 Å². The molecule has 1 rings (SSSR count). The van der Waals surface area contributed by atoms with E-state index in [4.69, 9.17) is 5.53 Å². The lowest BCUT2D eigenvalue weighted by Crippen LogP contribution is -1.81. The van der Waals surface area contributed by atoms with Crippen molar-refractivity contribution in [3.05, 3.63) is 28.4 Å². The normalized spacial score (nSPS) is 8.50. The molecule has 0 aromatic carbocycles. The van der Waals surface area contributed by atoms with Crippen LogP contribution in [0.3, 0.4) is 0 Å². The molecule has 1 heterocycles. The number of azide groups is 1. The largest absolute Gasteiger partial charge is 0.235 e. The molecule has 50 valence electrons. The molecule has 0 saturated heterocycles. The molecule has 0 N–H and O–H groups in total. The first-order valence-corrected chi connectivity index (χ1v) is 2.67. The summed E-state index contributed by atoms with van der Waals surface area (Å²) in [5.74, 6) is 0.169. The van der Waals surface area contributed by atoms with Gasteiger partial charge in [0.2, 0.25) is 5.95 Å². The number of nitrogens with zero attached hydrogens (tertiary/aromatic N) is 5. The molecular formula is C5H5N5. The molecule has 1 aromatic rings. The van der Waals surface area contributed by atoms with E-state index in [1.54, 1.807) is 19.2 Å². The van der Waals surface area contributed by atoms with Crippen LogP contribution in [0.1, 0.15) is 5.69 Å². The van der Waals surface area contributed by atoms with Crippen LogP contribution in [0.5, 0.6) is 0 Å². The standard InChI is InChI=1S/C5H5N5/c1-4-2-3-7-5(8-4)9-10-6/h2-3H,1H3. The van der Waals surface area contributed by atoms with Gasteiger partial charge < -0.3 is 0 Å². The zero-order valence-electron chi connectivity index (χ0n) is 5.39. The van der Waals surface area contributed by atoms with Crippen molar-refractivity contribution >= 4 is 5.95 Å². The first-order chi connectivity index (χ1) is 4.83. The Bertz CT molecular complexity index is 275. The van der Waals surface area contributed by atoms with Crippen LogP contribution in [0.2, 0.25) is 0 Å². The van der Waals surface area contributed by atoms with E-state index in [1.807, 2.05) is 0 Å². The Morgan fingerprint density at radius 1 is 1.70 bits per heavy atom. The SMILES string of the molecule is Cc1ccnc(N=[N+]=[N-])n1. The molecule has 5 nitrogen and oxygen atoms in total. The minimum Gasteiger partial charge on any atom is -0.235 e. The molecule has 0 aliphatic heterocycles. The molecule has 0 atom stereocenters. The van der Waals surface area contributed by atoms with Crippen molar-refractivity contribution in [2.45, 2.75) is 6.92 Å². The zero-order valence-corrected chi connectivity index (χ0v) is 5.39. The van der Waals surface area contributed by atoms with E-state index in [0.717, 1.165) is 5.69 Å². The highest BCUT2D eigenvalue weighted by molar-refractivity contribution is 5.15. The fourth-order valence-corrected chi connectivity index (χ4v) is 0.524. The predicted molar refractivity (Wildman–Crippen MR) is 35.6 cm³/mol. The van der Waals surface area contributed by atoms with Crippen molar-refractivity contribution in [1.29, 1.82) is 0 Å². The van der Waals surface area contributed by atoms with Crippen LogP contribution in [0, 0.1) is 6.92 Å². The summed E-state index contributed by atoms with van der Waals surface area (Å²) in [5, 5.41) is 3.23. The third-order valence-electron chi connectivity index (χ3n) is 0.916. The summed E-state index contributed by atoms with van der Waals surface area (Å²) in [6.45, 7) is 1.80. The van der Waals surface area contributed by atoms with Gasteiger partial charge in [-0.15, -0.1) is 0 Å². The fourth-order valence-electron chi connectivity index (χ4n) is 0.524. The quantitative estimate of drug-likeness (QED) is 0.334. The molecule has 0 unspecified atom stereocenters. The second-order valence-corrected chi connectivity index (χ2v) is 1.69. The topological polar surface area (TPSA) is 74.5 Å². The second-order valence-electron chi connectivity index (χ2n) is 1.69. The van der Waals surface area contributed by atoms with Crippen molar-refractivity contribution in [1.82, 2.24) is 9.97 Å². The Kier molecular flexibility index (Phi) is 1.82. The minimum absolute atomic E-state index is 0.169. The molecule has 0 fully saturated rings. The highest BCUT2D eigenvalue weighted by Crippen LogP contribution is 2.01. The van der Waals surface area contributed by atoms with E-state index >= 15 is 0 Å². The van der Waals surface area contributed by atoms with Crippen LogP contribution < -0.4 is 0 Å². The van der Waals surface area contributed by atoms with Crippen LogP contribution in [-0.4, -0.2) is 9.97 Å². The molecule has 10 heavy (non-hydrogen) atoms. The second kappa shape index (κ2) is 2.80. The number of hydrogen-bond acceptors (Lipinski definition) is 3. The Morgan fingerprint density at radius 2 is 2.50 bits per heavy atom. The van der Waals surface area contributed by atoms with Crippen molar-refractivity contribution < 1.29 is 0 Å². The molecule has 0 amide bonds. The van der Waals surface area contributed by atoms with E-state index in [0.29, 0.717) is 0 Å².